The second kappa shape index (κ2) is 4.48. The van der Waals surface area contributed by atoms with Crippen molar-refractivity contribution in [3.05, 3.63) is 59.2 Å². The predicted molar refractivity (Wildman–Crippen MR) is 79.7 cm³/mol. The van der Waals surface area contributed by atoms with E-state index in [2.05, 4.69) is 45.0 Å². The van der Waals surface area contributed by atoms with Gasteiger partial charge in [0.15, 0.2) is 0 Å². The summed E-state index contributed by atoms with van der Waals surface area (Å²) >= 11 is 0. The van der Waals surface area contributed by atoms with E-state index in [1.165, 1.54) is 5.56 Å². The highest BCUT2D eigenvalue weighted by molar-refractivity contribution is 5.96. The first-order valence-corrected chi connectivity index (χ1v) is 6.87. The number of hydrogen-bond donors (Lipinski definition) is 0. The minimum absolute atomic E-state index is 0.149. The maximum Gasteiger partial charge on any atom is 0.338 e. The van der Waals surface area contributed by atoms with E-state index in [-0.39, 0.29) is 11.4 Å². The highest BCUT2D eigenvalue weighted by Crippen LogP contribution is 2.32. The summed E-state index contributed by atoms with van der Waals surface area (Å²) in [5.41, 5.74) is 5.38. The van der Waals surface area contributed by atoms with Crippen LogP contribution in [-0.2, 0) is 16.8 Å². The number of carbonyl (C=O) groups is 1. The van der Waals surface area contributed by atoms with Crippen molar-refractivity contribution in [3.63, 3.8) is 0 Å². The Bertz CT molecular complexity index is 661. The van der Waals surface area contributed by atoms with Crippen molar-refractivity contribution in [2.24, 2.45) is 0 Å². The Labute approximate surface area is 119 Å². The van der Waals surface area contributed by atoms with E-state index in [1.807, 2.05) is 18.2 Å². The van der Waals surface area contributed by atoms with Gasteiger partial charge in [0.25, 0.3) is 0 Å². The Kier molecular flexibility index (Phi) is 2.89. The molecule has 2 aromatic rings. The Morgan fingerprint density at radius 3 is 2.25 bits per heavy atom. The average molecular weight is 266 g/mol. The molecule has 1 aliphatic rings. The van der Waals surface area contributed by atoms with Gasteiger partial charge in [-0.3, -0.25) is 0 Å². The molecule has 0 N–H and O–H groups in total. The lowest BCUT2D eigenvalue weighted by Gasteiger charge is -2.19. The Balaban J connectivity index is 2.05. The van der Waals surface area contributed by atoms with Gasteiger partial charge in [-0.15, -0.1) is 0 Å². The van der Waals surface area contributed by atoms with E-state index in [4.69, 9.17) is 4.74 Å². The molecule has 1 heterocycles. The summed E-state index contributed by atoms with van der Waals surface area (Å²) in [6, 6.07) is 14.4. The molecule has 0 spiro atoms. The van der Waals surface area contributed by atoms with Crippen LogP contribution in [0, 0.1) is 0 Å². The van der Waals surface area contributed by atoms with Gasteiger partial charge < -0.3 is 4.74 Å². The molecule has 0 atom stereocenters. The molecule has 0 amide bonds. The van der Waals surface area contributed by atoms with Crippen LogP contribution in [0.1, 0.15) is 42.3 Å². The van der Waals surface area contributed by atoms with Gasteiger partial charge in [0, 0.05) is 5.56 Å². The van der Waals surface area contributed by atoms with Crippen LogP contribution in [0.15, 0.2) is 42.5 Å². The number of esters is 1. The molecule has 2 heteroatoms. The van der Waals surface area contributed by atoms with Gasteiger partial charge in [-0.2, -0.15) is 0 Å². The minimum Gasteiger partial charge on any atom is -0.457 e. The number of fused-ring (bicyclic) bond motifs is 1. The van der Waals surface area contributed by atoms with E-state index in [1.54, 1.807) is 0 Å². The van der Waals surface area contributed by atoms with Gasteiger partial charge in [-0.1, -0.05) is 57.2 Å². The lowest BCUT2D eigenvalue weighted by molar-refractivity contribution is 0.0535. The molecule has 0 bridgehead atoms. The molecule has 0 aliphatic carbocycles. The topological polar surface area (TPSA) is 26.3 Å². The molecule has 1 aliphatic heterocycles. The van der Waals surface area contributed by atoms with Crippen molar-refractivity contribution in [2.45, 2.75) is 32.8 Å². The number of cyclic esters (lactones) is 1. The molecule has 2 nitrogen and oxygen atoms in total. The molecule has 0 aromatic heterocycles. The third-order valence-corrected chi connectivity index (χ3v) is 3.81. The van der Waals surface area contributed by atoms with Crippen LogP contribution in [0.4, 0.5) is 0 Å². The van der Waals surface area contributed by atoms with E-state index in [9.17, 15) is 4.79 Å². The average Bonchev–Trinajstić information content (AvgIpc) is 2.80. The fourth-order valence-corrected chi connectivity index (χ4v) is 2.57. The van der Waals surface area contributed by atoms with Crippen LogP contribution in [0.25, 0.3) is 11.1 Å². The first-order valence-electron chi connectivity index (χ1n) is 6.87. The first kappa shape index (κ1) is 12.9. The summed E-state index contributed by atoms with van der Waals surface area (Å²) in [5.74, 6) is -0.215. The zero-order valence-corrected chi connectivity index (χ0v) is 12.1. The van der Waals surface area contributed by atoms with Gasteiger partial charge in [-0.05, 0) is 28.2 Å². The van der Waals surface area contributed by atoms with Gasteiger partial charge in [-0.25, -0.2) is 4.79 Å². The minimum atomic E-state index is -0.215. The summed E-state index contributed by atoms with van der Waals surface area (Å²) in [6.07, 6.45) is 0. The highest BCUT2D eigenvalue weighted by Gasteiger charge is 2.24. The van der Waals surface area contributed by atoms with Crippen LogP contribution >= 0.6 is 0 Å². The molecule has 0 saturated carbocycles. The predicted octanol–water partition coefficient (Wildman–Crippen LogP) is 4.32. The smallest absolute Gasteiger partial charge is 0.338 e. The van der Waals surface area contributed by atoms with Gasteiger partial charge in [0.05, 0.1) is 5.56 Å². The maximum atomic E-state index is 11.6. The third kappa shape index (κ3) is 2.11. The fourth-order valence-electron chi connectivity index (χ4n) is 2.57. The van der Waals surface area contributed by atoms with E-state index in [0.717, 1.165) is 16.7 Å². The zero-order chi connectivity index (χ0) is 14.3. The summed E-state index contributed by atoms with van der Waals surface area (Å²) in [5, 5.41) is 0. The van der Waals surface area contributed by atoms with Crippen molar-refractivity contribution in [2.75, 3.05) is 0 Å². The Morgan fingerprint density at radius 2 is 1.60 bits per heavy atom. The Hall–Kier alpha value is -2.09. The normalized spacial score (nSPS) is 14.1. The lowest BCUT2D eigenvalue weighted by Crippen LogP contribution is -2.10. The SMILES string of the molecule is CC(C)(C)c1ccc(-c2cccc3c2COC3=O)cc1. The van der Waals surface area contributed by atoms with Gasteiger partial charge in [0.2, 0.25) is 0 Å². The van der Waals surface area contributed by atoms with Crippen molar-refractivity contribution < 1.29 is 9.53 Å². The maximum absolute atomic E-state index is 11.6. The van der Waals surface area contributed by atoms with Crippen molar-refractivity contribution >= 4 is 5.97 Å². The van der Waals surface area contributed by atoms with Crippen LogP contribution in [0.2, 0.25) is 0 Å². The number of carbonyl (C=O) groups excluding carboxylic acids is 1. The molecule has 0 radical (unpaired) electrons. The van der Waals surface area contributed by atoms with E-state index >= 15 is 0 Å². The second-order valence-corrected chi connectivity index (χ2v) is 6.24. The summed E-state index contributed by atoms with van der Waals surface area (Å²) < 4.78 is 5.12. The van der Waals surface area contributed by atoms with Crippen LogP contribution in [0.3, 0.4) is 0 Å². The standard InChI is InChI=1S/C18H18O2/c1-18(2,3)13-9-7-12(8-10-13)14-5-4-6-15-16(14)11-20-17(15)19/h4-10H,11H2,1-3H3. The Morgan fingerprint density at radius 1 is 0.950 bits per heavy atom. The number of ether oxygens (including phenoxy) is 1. The van der Waals surface area contributed by atoms with Gasteiger partial charge in [0.1, 0.15) is 6.61 Å². The molecule has 102 valence electrons. The van der Waals surface area contributed by atoms with E-state index in [0.29, 0.717) is 12.2 Å². The van der Waals surface area contributed by atoms with Crippen LogP contribution < -0.4 is 0 Å². The molecular formula is C18H18O2. The molecule has 0 saturated heterocycles. The van der Waals surface area contributed by atoms with Crippen molar-refractivity contribution in [3.8, 4) is 11.1 Å². The second-order valence-electron chi connectivity index (χ2n) is 6.24. The highest BCUT2D eigenvalue weighted by atomic mass is 16.5. The quantitative estimate of drug-likeness (QED) is 0.718. The first-order chi connectivity index (χ1) is 9.47. The molecule has 2 aromatic carbocycles. The summed E-state index contributed by atoms with van der Waals surface area (Å²) in [4.78, 5) is 11.6. The number of benzene rings is 2. The molecule has 3 rings (SSSR count). The number of hydrogen-bond acceptors (Lipinski definition) is 2. The fraction of sp³-hybridized carbons (Fsp3) is 0.278. The summed E-state index contributed by atoms with van der Waals surface area (Å²) in [7, 11) is 0. The van der Waals surface area contributed by atoms with Crippen molar-refractivity contribution in [1.29, 1.82) is 0 Å². The molecular weight excluding hydrogens is 248 g/mol. The molecule has 20 heavy (non-hydrogen) atoms. The van der Waals surface area contributed by atoms with Crippen molar-refractivity contribution in [1.82, 2.24) is 0 Å². The van der Waals surface area contributed by atoms with Gasteiger partial charge >= 0.3 is 5.97 Å². The summed E-state index contributed by atoms with van der Waals surface area (Å²) in [6.45, 7) is 6.99. The molecule has 0 unspecified atom stereocenters. The molecule has 0 fully saturated rings. The monoisotopic (exact) mass is 266 g/mol. The number of rotatable bonds is 1. The largest absolute Gasteiger partial charge is 0.457 e. The third-order valence-electron chi connectivity index (χ3n) is 3.81. The van der Waals surface area contributed by atoms with E-state index < -0.39 is 0 Å². The van der Waals surface area contributed by atoms with Crippen LogP contribution in [-0.4, -0.2) is 5.97 Å². The zero-order valence-electron chi connectivity index (χ0n) is 12.1. The van der Waals surface area contributed by atoms with Crippen LogP contribution in [0.5, 0.6) is 0 Å². The lowest BCUT2D eigenvalue weighted by atomic mass is 9.86.